The van der Waals surface area contributed by atoms with Crippen molar-refractivity contribution < 1.29 is 14.7 Å². The lowest BCUT2D eigenvalue weighted by atomic mass is 10.1. The number of nitrogens with one attached hydrogen (secondary N) is 1. The Bertz CT molecular complexity index is 563. The fraction of sp³-hybridized carbons (Fsp3) is 0.357. The van der Waals surface area contributed by atoms with Crippen LogP contribution in [0.15, 0.2) is 18.2 Å². The summed E-state index contributed by atoms with van der Waals surface area (Å²) in [5.41, 5.74) is 1.19. The van der Waals surface area contributed by atoms with Crippen LogP contribution in [0.5, 0.6) is 0 Å². The van der Waals surface area contributed by atoms with Crippen LogP contribution in [-0.4, -0.2) is 35.6 Å². The number of aryl methyl sites for hydroxylation is 1. The summed E-state index contributed by atoms with van der Waals surface area (Å²) >= 11 is 0. The lowest BCUT2D eigenvalue weighted by Crippen LogP contribution is -2.34. The van der Waals surface area contributed by atoms with Gasteiger partial charge in [0.15, 0.2) is 0 Å². The van der Waals surface area contributed by atoms with Crippen molar-refractivity contribution in [3.63, 3.8) is 0 Å². The van der Waals surface area contributed by atoms with Gasteiger partial charge in [0.2, 0.25) is 0 Å². The molecule has 0 saturated carbocycles. The Balaban J connectivity index is 2.79. The molecule has 0 spiro atoms. The van der Waals surface area contributed by atoms with Crippen LogP contribution in [0.25, 0.3) is 0 Å². The fourth-order valence-electron chi connectivity index (χ4n) is 1.68. The van der Waals surface area contributed by atoms with Gasteiger partial charge in [0.25, 0.3) is 0 Å². The van der Waals surface area contributed by atoms with Crippen molar-refractivity contribution in [1.29, 1.82) is 5.26 Å². The van der Waals surface area contributed by atoms with Crippen molar-refractivity contribution in [3.8, 4) is 6.07 Å². The molecule has 6 heteroatoms. The zero-order valence-electron chi connectivity index (χ0n) is 11.7. The quantitative estimate of drug-likeness (QED) is 0.881. The van der Waals surface area contributed by atoms with Crippen molar-refractivity contribution >= 4 is 17.7 Å². The van der Waals surface area contributed by atoms with E-state index in [1.54, 1.807) is 33.0 Å². The van der Waals surface area contributed by atoms with E-state index in [-0.39, 0.29) is 17.5 Å². The molecule has 2 amide bonds. The molecule has 1 rings (SSSR count). The number of nitriles is 1. The number of hydrogen-bond acceptors (Lipinski definition) is 3. The zero-order valence-corrected chi connectivity index (χ0v) is 11.7. The molecule has 0 aliphatic rings. The van der Waals surface area contributed by atoms with Crippen LogP contribution in [0.3, 0.4) is 0 Å². The maximum absolute atomic E-state index is 11.9. The average molecular weight is 275 g/mol. The van der Waals surface area contributed by atoms with Crippen LogP contribution in [0.4, 0.5) is 10.5 Å². The predicted octanol–water partition coefficient (Wildman–Crippen LogP) is 2.32. The van der Waals surface area contributed by atoms with E-state index < -0.39 is 5.97 Å². The third-order valence-electron chi connectivity index (χ3n) is 2.83. The molecule has 0 aliphatic heterocycles. The molecule has 0 radical (unpaired) electrons. The number of carbonyl (C=O) groups excluding carboxylic acids is 1. The molecule has 1 aromatic rings. The minimum atomic E-state index is -1.04. The van der Waals surface area contributed by atoms with Crippen LogP contribution < -0.4 is 5.32 Å². The first-order chi connectivity index (χ1) is 9.35. The van der Waals surface area contributed by atoms with Gasteiger partial charge in [0.05, 0.1) is 17.6 Å². The van der Waals surface area contributed by atoms with Crippen LogP contribution >= 0.6 is 0 Å². The summed E-state index contributed by atoms with van der Waals surface area (Å²) in [5.74, 6) is -1.30. The molecule has 1 atom stereocenters. The number of amides is 2. The summed E-state index contributed by atoms with van der Waals surface area (Å²) in [4.78, 5) is 24.3. The Morgan fingerprint density at radius 2 is 2.15 bits per heavy atom. The third-order valence-corrected chi connectivity index (χ3v) is 2.83. The summed E-state index contributed by atoms with van der Waals surface area (Å²) in [6.07, 6.45) is 0. The van der Waals surface area contributed by atoms with Crippen molar-refractivity contribution in [1.82, 2.24) is 4.90 Å². The average Bonchev–Trinajstić information content (AvgIpc) is 2.40. The minimum absolute atomic E-state index is 0.149. The summed E-state index contributed by atoms with van der Waals surface area (Å²) in [6, 6.07) is 6.35. The molecular weight excluding hydrogens is 258 g/mol. The van der Waals surface area contributed by atoms with E-state index in [1.807, 2.05) is 6.07 Å². The molecule has 0 bridgehead atoms. The summed E-state index contributed by atoms with van der Waals surface area (Å²) in [7, 11) is 1.58. The molecule has 0 fully saturated rings. The van der Waals surface area contributed by atoms with Gasteiger partial charge in [-0.05, 0) is 31.5 Å². The Hall–Kier alpha value is -2.55. The van der Waals surface area contributed by atoms with Crippen molar-refractivity contribution in [3.05, 3.63) is 29.3 Å². The molecule has 106 valence electrons. The maximum Gasteiger partial charge on any atom is 0.336 e. The maximum atomic E-state index is 11.9. The molecule has 1 unspecified atom stereocenters. The Morgan fingerprint density at radius 1 is 1.50 bits per heavy atom. The molecule has 0 heterocycles. The highest BCUT2D eigenvalue weighted by molar-refractivity contribution is 5.94. The van der Waals surface area contributed by atoms with E-state index in [1.165, 1.54) is 11.0 Å². The number of carboxylic acids is 1. The molecule has 20 heavy (non-hydrogen) atoms. The van der Waals surface area contributed by atoms with E-state index in [2.05, 4.69) is 5.32 Å². The first-order valence-corrected chi connectivity index (χ1v) is 6.10. The number of nitrogens with zero attached hydrogens (tertiary/aromatic N) is 2. The predicted molar refractivity (Wildman–Crippen MR) is 74.6 cm³/mol. The first-order valence-electron chi connectivity index (χ1n) is 6.10. The number of anilines is 1. The number of aromatic carboxylic acids is 1. The Kier molecular flexibility index (Phi) is 5.09. The molecule has 1 aromatic carbocycles. The standard InChI is InChI=1S/C14H17N3O3/c1-9(7-15)8-17(3)14(20)16-11-5-4-10(2)12(6-11)13(18)19/h4-6,9H,8H2,1-3H3,(H,16,20)(H,18,19). The zero-order chi connectivity index (χ0) is 15.3. The van der Waals surface area contributed by atoms with Gasteiger partial charge in [-0.15, -0.1) is 0 Å². The Labute approximate surface area is 117 Å². The van der Waals surface area contributed by atoms with Gasteiger partial charge in [0, 0.05) is 19.3 Å². The second-order valence-electron chi connectivity index (χ2n) is 4.68. The van der Waals surface area contributed by atoms with Crippen LogP contribution in [0.1, 0.15) is 22.8 Å². The number of carbonyl (C=O) groups is 2. The monoisotopic (exact) mass is 275 g/mol. The van der Waals surface area contributed by atoms with Crippen LogP contribution in [0, 0.1) is 24.2 Å². The topological polar surface area (TPSA) is 93.4 Å². The fourth-order valence-corrected chi connectivity index (χ4v) is 1.68. The number of hydrogen-bond donors (Lipinski definition) is 2. The lowest BCUT2D eigenvalue weighted by molar-refractivity contribution is 0.0696. The molecular formula is C14H17N3O3. The van der Waals surface area contributed by atoms with Crippen molar-refractivity contribution in [2.45, 2.75) is 13.8 Å². The summed E-state index contributed by atoms with van der Waals surface area (Å²) < 4.78 is 0. The molecule has 6 nitrogen and oxygen atoms in total. The van der Waals surface area contributed by atoms with Crippen molar-refractivity contribution in [2.75, 3.05) is 18.9 Å². The molecule has 0 aliphatic carbocycles. The van der Waals surface area contributed by atoms with Gasteiger partial charge in [-0.3, -0.25) is 0 Å². The minimum Gasteiger partial charge on any atom is -0.478 e. The Morgan fingerprint density at radius 3 is 2.70 bits per heavy atom. The number of carboxylic acid groups (broad SMARTS) is 1. The van der Waals surface area contributed by atoms with Gasteiger partial charge < -0.3 is 15.3 Å². The number of rotatable bonds is 4. The van der Waals surface area contributed by atoms with E-state index >= 15 is 0 Å². The van der Waals surface area contributed by atoms with Gasteiger partial charge in [-0.1, -0.05) is 6.07 Å². The molecule has 0 saturated heterocycles. The lowest BCUT2D eigenvalue weighted by Gasteiger charge is -2.19. The van der Waals surface area contributed by atoms with Gasteiger partial charge in [-0.2, -0.15) is 5.26 Å². The van der Waals surface area contributed by atoms with Gasteiger partial charge in [0.1, 0.15) is 0 Å². The van der Waals surface area contributed by atoms with E-state index in [0.29, 0.717) is 17.8 Å². The summed E-state index contributed by atoms with van der Waals surface area (Å²) in [6.45, 7) is 3.72. The van der Waals surface area contributed by atoms with Crippen LogP contribution in [0.2, 0.25) is 0 Å². The smallest absolute Gasteiger partial charge is 0.336 e. The second-order valence-corrected chi connectivity index (χ2v) is 4.68. The summed E-state index contributed by atoms with van der Waals surface area (Å²) in [5, 5.41) is 20.3. The highest BCUT2D eigenvalue weighted by Crippen LogP contribution is 2.16. The van der Waals surface area contributed by atoms with Gasteiger partial charge >= 0.3 is 12.0 Å². The van der Waals surface area contributed by atoms with E-state index in [0.717, 1.165) is 0 Å². The SMILES string of the molecule is Cc1ccc(NC(=O)N(C)CC(C)C#N)cc1C(=O)O. The third kappa shape index (κ3) is 3.99. The van der Waals surface area contributed by atoms with E-state index in [4.69, 9.17) is 10.4 Å². The van der Waals surface area contributed by atoms with Gasteiger partial charge in [-0.25, -0.2) is 9.59 Å². The highest BCUT2D eigenvalue weighted by atomic mass is 16.4. The second kappa shape index (κ2) is 6.57. The van der Waals surface area contributed by atoms with Crippen molar-refractivity contribution in [2.24, 2.45) is 5.92 Å². The van der Waals surface area contributed by atoms with E-state index in [9.17, 15) is 9.59 Å². The van der Waals surface area contributed by atoms with Crippen LogP contribution in [-0.2, 0) is 0 Å². The first kappa shape index (κ1) is 15.5. The highest BCUT2D eigenvalue weighted by Gasteiger charge is 2.14. The normalized spacial score (nSPS) is 11.3. The largest absolute Gasteiger partial charge is 0.478 e. The number of benzene rings is 1. The number of urea groups is 1. The molecule has 2 N–H and O–H groups in total. The molecule has 0 aromatic heterocycles.